The van der Waals surface area contributed by atoms with Gasteiger partial charge in [-0.2, -0.15) is 0 Å². The Morgan fingerprint density at radius 1 is 1.03 bits per heavy atom. The molecule has 33 heavy (non-hydrogen) atoms. The van der Waals surface area contributed by atoms with E-state index in [0.29, 0.717) is 29.5 Å². The number of hydrogen-bond acceptors (Lipinski definition) is 5. The summed E-state index contributed by atoms with van der Waals surface area (Å²) in [6, 6.07) is 20.0. The van der Waals surface area contributed by atoms with Gasteiger partial charge in [-0.25, -0.2) is 13.1 Å². The molecule has 168 valence electrons. The van der Waals surface area contributed by atoms with Crippen molar-refractivity contribution in [3.63, 3.8) is 0 Å². The summed E-state index contributed by atoms with van der Waals surface area (Å²) in [5.74, 6) is 1.08. The maximum atomic E-state index is 13.2. The lowest BCUT2D eigenvalue weighted by molar-refractivity contribution is 0.408. The van der Waals surface area contributed by atoms with Crippen LogP contribution in [0.3, 0.4) is 0 Å². The van der Waals surface area contributed by atoms with Crippen molar-refractivity contribution in [1.29, 1.82) is 0 Å². The SMILES string of the molecule is CCn1c(Oc2ccc3cc[nH]c3c2)nnc1[C@@H](C)NS(=O)(=O)c1cccc2ccccc12. The Bertz CT molecular complexity index is 1550. The lowest BCUT2D eigenvalue weighted by atomic mass is 10.1. The second kappa shape index (κ2) is 8.34. The Hall–Kier alpha value is -3.69. The molecule has 2 aromatic heterocycles. The third kappa shape index (κ3) is 3.96. The van der Waals surface area contributed by atoms with Crippen molar-refractivity contribution in [2.45, 2.75) is 31.3 Å². The molecule has 0 bridgehead atoms. The molecule has 3 aromatic carbocycles. The van der Waals surface area contributed by atoms with Gasteiger partial charge in [-0.05, 0) is 48.9 Å². The van der Waals surface area contributed by atoms with E-state index in [1.165, 1.54) is 0 Å². The van der Waals surface area contributed by atoms with Crippen LogP contribution in [-0.2, 0) is 16.6 Å². The molecule has 0 radical (unpaired) electrons. The van der Waals surface area contributed by atoms with Crippen molar-refractivity contribution in [3.05, 3.63) is 78.8 Å². The lowest BCUT2D eigenvalue weighted by Gasteiger charge is -2.16. The van der Waals surface area contributed by atoms with E-state index in [1.54, 1.807) is 29.7 Å². The van der Waals surface area contributed by atoms with Crippen LogP contribution in [0.4, 0.5) is 0 Å². The van der Waals surface area contributed by atoms with Gasteiger partial charge >= 0.3 is 6.01 Å². The largest absolute Gasteiger partial charge is 0.424 e. The molecule has 9 heteroatoms. The van der Waals surface area contributed by atoms with Crippen molar-refractivity contribution in [2.24, 2.45) is 0 Å². The van der Waals surface area contributed by atoms with Crippen molar-refractivity contribution >= 4 is 31.7 Å². The summed E-state index contributed by atoms with van der Waals surface area (Å²) in [6.45, 7) is 4.19. The molecule has 5 aromatic rings. The highest BCUT2D eigenvalue weighted by atomic mass is 32.2. The van der Waals surface area contributed by atoms with Crippen LogP contribution in [0.1, 0.15) is 25.7 Å². The van der Waals surface area contributed by atoms with Gasteiger partial charge in [0, 0.05) is 29.7 Å². The number of hydrogen-bond donors (Lipinski definition) is 2. The highest BCUT2D eigenvalue weighted by Gasteiger charge is 2.25. The number of H-pyrrole nitrogens is 1. The first-order valence-corrected chi connectivity index (χ1v) is 12.1. The zero-order valence-corrected chi connectivity index (χ0v) is 19.0. The highest BCUT2D eigenvalue weighted by molar-refractivity contribution is 7.89. The number of nitrogens with one attached hydrogen (secondary N) is 2. The fourth-order valence-corrected chi connectivity index (χ4v) is 5.40. The molecule has 5 rings (SSSR count). The minimum Gasteiger partial charge on any atom is -0.424 e. The quantitative estimate of drug-likeness (QED) is 0.364. The number of aromatic nitrogens is 4. The minimum absolute atomic E-state index is 0.228. The first-order valence-electron chi connectivity index (χ1n) is 10.6. The molecule has 0 unspecified atom stereocenters. The van der Waals surface area contributed by atoms with Gasteiger partial charge in [-0.3, -0.25) is 4.57 Å². The summed E-state index contributed by atoms with van der Waals surface area (Å²) in [5, 5.41) is 11.0. The molecule has 0 fully saturated rings. The normalized spacial score (nSPS) is 12.9. The van der Waals surface area contributed by atoms with Crippen molar-refractivity contribution < 1.29 is 13.2 Å². The van der Waals surface area contributed by atoms with Crippen LogP contribution < -0.4 is 9.46 Å². The number of nitrogens with zero attached hydrogens (tertiary/aromatic N) is 3. The molecule has 8 nitrogen and oxygen atoms in total. The number of sulfonamides is 1. The molecule has 0 aliphatic heterocycles. The average Bonchev–Trinajstić information content (AvgIpc) is 3.44. The fourth-order valence-electron chi connectivity index (χ4n) is 3.97. The van der Waals surface area contributed by atoms with Crippen LogP contribution in [0.5, 0.6) is 11.8 Å². The summed E-state index contributed by atoms with van der Waals surface area (Å²) in [6.07, 6.45) is 1.87. The van der Waals surface area contributed by atoms with Gasteiger partial charge in [0.2, 0.25) is 10.0 Å². The van der Waals surface area contributed by atoms with E-state index in [-0.39, 0.29) is 4.90 Å². The smallest absolute Gasteiger partial charge is 0.322 e. The third-order valence-corrected chi connectivity index (χ3v) is 7.15. The molecule has 0 aliphatic carbocycles. The van der Waals surface area contributed by atoms with Crippen LogP contribution in [0, 0.1) is 0 Å². The molecule has 2 N–H and O–H groups in total. The fraction of sp³-hybridized carbons (Fsp3) is 0.167. The second-order valence-corrected chi connectivity index (χ2v) is 9.42. The van der Waals surface area contributed by atoms with Crippen LogP contribution in [-0.4, -0.2) is 28.2 Å². The summed E-state index contributed by atoms with van der Waals surface area (Å²) in [5.41, 5.74) is 0.950. The molecule has 0 spiro atoms. The van der Waals surface area contributed by atoms with E-state index < -0.39 is 16.1 Å². The topological polar surface area (TPSA) is 102 Å². The molecule has 0 saturated heterocycles. The van der Waals surface area contributed by atoms with E-state index in [2.05, 4.69) is 19.9 Å². The van der Waals surface area contributed by atoms with Gasteiger partial charge in [-0.15, -0.1) is 5.10 Å². The average molecular weight is 462 g/mol. The van der Waals surface area contributed by atoms with E-state index in [4.69, 9.17) is 4.74 Å². The van der Waals surface area contributed by atoms with E-state index >= 15 is 0 Å². The summed E-state index contributed by atoms with van der Waals surface area (Å²) < 4.78 is 36.9. The second-order valence-electron chi connectivity index (χ2n) is 7.73. The van der Waals surface area contributed by atoms with Gasteiger partial charge in [0.05, 0.1) is 10.9 Å². The number of fused-ring (bicyclic) bond motifs is 2. The molecule has 0 amide bonds. The summed E-state index contributed by atoms with van der Waals surface area (Å²) >= 11 is 0. The number of aromatic amines is 1. The van der Waals surface area contributed by atoms with Gasteiger partial charge in [0.15, 0.2) is 5.82 Å². The Kier molecular flexibility index (Phi) is 5.35. The monoisotopic (exact) mass is 461 g/mol. The molecular formula is C24H23N5O3S. The maximum absolute atomic E-state index is 13.2. The molecule has 2 heterocycles. The predicted molar refractivity (Wildman–Crippen MR) is 127 cm³/mol. The zero-order valence-electron chi connectivity index (χ0n) is 18.2. The van der Waals surface area contributed by atoms with Crippen molar-refractivity contribution in [1.82, 2.24) is 24.5 Å². The maximum Gasteiger partial charge on any atom is 0.322 e. The number of benzene rings is 3. The van der Waals surface area contributed by atoms with Crippen molar-refractivity contribution in [3.8, 4) is 11.8 Å². The first kappa shape index (κ1) is 21.2. The zero-order chi connectivity index (χ0) is 23.0. The van der Waals surface area contributed by atoms with E-state index in [1.807, 2.05) is 61.7 Å². The number of rotatable bonds is 7. The van der Waals surface area contributed by atoms with E-state index in [0.717, 1.165) is 16.3 Å². The van der Waals surface area contributed by atoms with Gasteiger partial charge < -0.3 is 9.72 Å². The number of ether oxygens (including phenoxy) is 1. The minimum atomic E-state index is -3.80. The Morgan fingerprint density at radius 2 is 1.85 bits per heavy atom. The molecule has 0 aliphatic rings. The van der Waals surface area contributed by atoms with Crippen LogP contribution >= 0.6 is 0 Å². The standard InChI is InChI=1S/C24H23N5O3S/c1-3-29-23(26-27-24(29)32-19-12-11-18-13-14-25-21(18)15-19)16(2)28-33(30,31)22-10-6-8-17-7-4-5-9-20(17)22/h4-16,25,28H,3H2,1-2H3/t16-/m1/s1. The van der Waals surface area contributed by atoms with Crippen LogP contribution in [0.25, 0.3) is 21.7 Å². The van der Waals surface area contributed by atoms with E-state index in [9.17, 15) is 8.42 Å². The third-order valence-electron chi connectivity index (χ3n) is 5.56. The summed E-state index contributed by atoms with van der Waals surface area (Å²) in [7, 11) is -3.80. The Labute approximate surface area is 191 Å². The Balaban J connectivity index is 1.42. The van der Waals surface area contributed by atoms with Gasteiger partial charge in [-0.1, -0.05) is 41.5 Å². The Morgan fingerprint density at radius 3 is 2.70 bits per heavy atom. The van der Waals surface area contributed by atoms with Crippen LogP contribution in [0.2, 0.25) is 0 Å². The van der Waals surface area contributed by atoms with Gasteiger partial charge in [0.25, 0.3) is 0 Å². The predicted octanol–water partition coefficient (Wildman–Crippen LogP) is 4.76. The lowest BCUT2D eigenvalue weighted by Crippen LogP contribution is -2.29. The first-order chi connectivity index (χ1) is 16.0. The molecular weight excluding hydrogens is 438 g/mol. The van der Waals surface area contributed by atoms with Crippen LogP contribution in [0.15, 0.2) is 77.8 Å². The van der Waals surface area contributed by atoms with Gasteiger partial charge in [0.1, 0.15) is 5.75 Å². The molecule has 0 saturated carbocycles. The van der Waals surface area contributed by atoms with Crippen molar-refractivity contribution in [2.75, 3.05) is 0 Å². The summed E-state index contributed by atoms with van der Waals surface area (Å²) in [4.78, 5) is 3.38. The molecule has 1 atom stereocenters. The highest BCUT2D eigenvalue weighted by Crippen LogP contribution is 2.28.